The van der Waals surface area contributed by atoms with Crippen molar-refractivity contribution in [2.75, 3.05) is 47.5 Å². The van der Waals surface area contributed by atoms with E-state index < -0.39 is 26.5 Å². The quantitative estimate of drug-likeness (QED) is 0.0564. The third kappa shape index (κ3) is 27.6. The van der Waals surface area contributed by atoms with Crippen LogP contribution in [0.25, 0.3) is 0 Å². The number of allylic oxidation sites excluding steroid dienone is 6. The Morgan fingerprint density at radius 2 is 1.43 bits per heavy atom. The number of hydrogen-bond donors (Lipinski definition) is 1. The number of phosphoric acid groups is 1. The molecule has 0 rings (SSSR count). The summed E-state index contributed by atoms with van der Waals surface area (Å²) in [6.45, 7) is 1.87. The molecule has 216 valence electrons. The smallest absolute Gasteiger partial charge is 0.305 e. The molecule has 0 aliphatic rings. The number of likely N-dealkylation sites (N-methyl/N-ethyl adjacent to an activating group) is 1. The first-order valence-corrected chi connectivity index (χ1v) is 15.2. The van der Waals surface area contributed by atoms with Crippen molar-refractivity contribution in [1.82, 2.24) is 0 Å². The molecule has 0 heterocycles. The first kappa shape index (κ1) is 35.7. The van der Waals surface area contributed by atoms with Gasteiger partial charge in [0.1, 0.15) is 25.9 Å². The zero-order chi connectivity index (χ0) is 27.8. The molecule has 0 bridgehead atoms. The van der Waals surface area contributed by atoms with Gasteiger partial charge in [-0.3, -0.25) is 9.36 Å². The number of quaternary nitrogens is 1. The molecule has 0 saturated carbocycles. The summed E-state index contributed by atoms with van der Waals surface area (Å²) in [5, 5.41) is 9.80. The summed E-state index contributed by atoms with van der Waals surface area (Å²) in [5.41, 5.74) is 0. The van der Waals surface area contributed by atoms with Crippen molar-refractivity contribution >= 4 is 13.8 Å². The lowest BCUT2D eigenvalue weighted by Crippen LogP contribution is -2.37. The van der Waals surface area contributed by atoms with Crippen LogP contribution in [-0.2, 0) is 23.1 Å². The van der Waals surface area contributed by atoms with Crippen molar-refractivity contribution in [2.24, 2.45) is 0 Å². The van der Waals surface area contributed by atoms with E-state index in [4.69, 9.17) is 9.26 Å². The van der Waals surface area contributed by atoms with Crippen molar-refractivity contribution in [3.63, 3.8) is 0 Å². The second-order valence-corrected chi connectivity index (χ2v) is 11.7. The Hall–Kier alpha value is -1.28. The number of carbonyl (C=O) groups is 1. The van der Waals surface area contributed by atoms with E-state index in [0.29, 0.717) is 11.0 Å². The molecule has 9 heteroatoms. The normalized spacial score (nSPS) is 15.1. The van der Waals surface area contributed by atoms with Gasteiger partial charge in [-0.1, -0.05) is 69.1 Å². The molecule has 8 nitrogen and oxygen atoms in total. The summed E-state index contributed by atoms with van der Waals surface area (Å²) in [4.78, 5) is 23.5. The van der Waals surface area contributed by atoms with E-state index in [0.717, 1.165) is 44.9 Å². The molecular formula is C28H52NO7P. The number of unbranched alkanes of at least 4 members (excludes halogenated alkanes) is 7. The second-order valence-electron chi connectivity index (χ2n) is 10.3. The minimum atomic E-state index is -4.50. The van der Waals surface area contributed by atoms with Gasteiger partial charge in [-0.2, -0.15) is 0 Å². The number of esters is 1. The molecule has 1 unspecified atom stereocenters. The highest BCUT2D eigenvalue weighted by Gasteiger charge is 2.16. The zero-order valence-electron chi connectivity index (χ0n) is 23.6. The molecular weight excluding hydrogens is 493 g/mol. The molecule has 1 N–H and O–H groups in total. The molecule has 0 fully saturated rings. The predicted octanol–water partition coefficient (Wildman–Crippen LogP) is 5.47. The van der Waals surface area contributed by atoms with Crippen LogP contribution >= 0.6 is 7.82 Å². The number of nitrogens with zero attached hydrogens (tertiary/aromatic N) is 1. The van der Waals surface area contributed by atoms with Gasteiger partial charge >= 0.3 is 5.97 Å². The van der Waals surface area contributed by atoms with Gasteiger partial charge in [0.05, 0.1) is 27.7 Å². The van der Waals surface area contributed by atoms with Crippen LogP contribution in [0.1, 0.15) is 84.0 Å². The highest BCUT2D eigenvalue weighted by molar-refractivity contribution is 7.45. The number of phosphoric ester groups is 1. The van der Waals surface area contributed by atoms with Crippen LogP contribution in [0.5, 0.6) is 0 Å². The van der Waals surface area contributed by atoms with Crippen molar-refractivity contribution in [3.8, 4) is 0 Å². The Morgan fingerprint density at radius 3 is 2.03 bits per heavy atom. The van der Waals surface area contributed by atoms with E-state index >= 15 is 0 Å². The van der Waals surface area contributed by atoms with Gasteiger partial charge in [-0.25, -0.2) is 0 Å². The topological polar surface area (TPSA) is 105 Å². The van der Waals surface area contributed by atoms with Crippen molar-refractivity contribution in [3.05, 3.63) is 36.5 Å². The average Bonchev–Trinajstić information content (AvgIpc) is 2.82. The highest BCUT2D eigenvalue weighted by Crippen LogP contribution is 2.38. The SMILES string of the molecule is CCCCC/C=C\C/C=C\C/C=C\CCCCCCC(=O)OC[C@@H](O)COP(=O)([O-])OCC[N+](C)(C)C. The Bertz CT molecular complexity index is 701. The molecule has 0 amide bonds. The third-order valence-corrected chi connectivity index (χ3v) is 6.36. The maximum absolute atomic E-state index is 11.8. The van der Waals surface area contributed by atoms with Crippen LogP contribution in [0.4, 0.5) is 0 Å². The molecule has 0 radical (unpaired) electrons. The molecule has 0 aromatic rings. The lowest BCUT2D eigenvalue weighted by Gasteiger charge is -2.27. The van der Waals surface area contributed by atoms with Gasteiger partial charge in [-0.05, 0) is 44.9 Å². The fraction of sp³-hybridized carbons (Fsp3) is 0.750. The fourth-order valence-electron chi connectivity index (χ4n) is 3.13. The maximum Gasteiger partial charge on any atom is 0.305 e. The maximum atomic E-state index is 11.8. The summed E-state index contributed by atoms with van der Waals surface area (Å²) in [7, 11) is 1.23. The number of aliphatic hydroxyl groups is 1. The molecule has 0 aromatic carbocycles. The number of hydrogen-bond acceptors (Lipinski definition) is 7. The van der Waals surface area contributed by atoms with Gasteiger partial charge in [-0.15, -0.1) is 0 Å². The zero-order valence-corrected chi connectivity index (χ0v) is 24.5. The Kier molecular flexibility index (Phi) is 21.9. The van der Waals surface area contributed by atoms with Crippen LogP contribution in [0.3, 0.4) is 0 Å². The number of carbonyl (C=O) groups excluding carboxylic acids is 1. The molecule has 2 atom stereocenters. The number of ether oxygens (including phenoxy) is 1. The van der Waals surface area contributed by atoms with Crippen molar-refractivity contribution in [2.45, 2.75) is 90.1 Å². The third-order valence-electron chi connectivity index (χ3n) is 5.39. The molecule has 0 spiro atoms. The molecule has 37 heavy (non-hydrogen) atoms. The van der Waals surface area contributed by atoms with Crippen LogP contribution in [0.15, 0.2) is 36.5 Å². The lowest BCUT2D eigenvalue weighted by molar-refractivity contribution is -0.870. The van der Waals surface area contributed by atoms with E-state index in [9.17, 15) is 19.4 Å². The first-order chi connectivity index (χ1) is 17.6. The minimum absolute atomic E-state index is 0.0135. The van der Waals surface area contributed by atoms with Gasteiger partial charge in [0.25, 0.3) is 7.82 Å². The molecule has 0 saturated heterocycles. The summed E-state index contributed by atoms with van der Waals surface area (Å²) < 4.78 is 26.6. The molecule has 0 aliphatic heterocycles. The minimum Gasteiger partial charge on any atom is -0.756 e. The fourth-order valence-corrected chi connectivity index (χ4v) is 3.86. The van der Waals surface area contributed by atoms with E-state index in [-0.39, 0.29) is 19.6 Å². The predicted molar refractivity (Wildman–Crippen MR) is 148 cm³/mol. The summed E-state index contributed by atoms with van der Waals surface area (Å²) in [5.74, 6) is -0.411. The van der Waals surface area contributed by atoms with Crippen LogP contribution < -0.4 is 4.89 Å². The van der Waals surface area contributed by atoms with Crippen LogP contribution in [0.2, 0.25) is 0 Å². The van der Waals surface area contributed by atoms with E-state index in [1.54, 1.807) is 0 Å². The lowest BCUT2D eigenvalue weighted by atomic mass is 10.1. The monoisotopic (exact) mass is 545 g/mol. The Morgan fingerprint density at radius 1 is 0.865 bits per heavy atom. The average molecular weight is 546 g/mol. The first-order valence-electron chi connectivity index (χ1n) is 13.7. The molecule has 0 aromatic heterocycles. The van der Waals surface area contributed by atoms with E-state index in [1.807, 2.05) is 21.1 Å². The molecule has 0 aliphatic carbocycles. The standard InChI is InChI=1S/C28H52NO7P/c1-5-6-7-8-9-10-11-12-13-14-15-16-17-18-19-20-21-22-28(31)34-25-27(30)26-36-37(32,33)35-24-23-29(2,3)4/h9-10,12-13,15-16,27,30H,5-8,11,14,17-26H2,1-4H3/b10-9-,13-12-,16-15-/t27-/m1/s1. The van der Waals surface area contributed by atoms with E-state index in [2.05, 4.69) is 47.9 Å². The Labute approximate surface area is 225 Å². The van der Waals surface area contributed by atoms with Crippen LogP contribution in [0, 0.1) is 0 Å². The van der Waals surface area contributed by atoms with Gasteiger partial charge in [0, 0.05) is 6.42 Å². The summed E-state index contributed by atoms with van der Waals surface area (Å²) in [6.07, 6.45) is 24.2. The van der Waals surface area contributed by atoms with Gasteiger partial charge in [0.2, 0.25) is 0 Å². The summed E-state index contributed by atoms with van der Waals surface area (Å²) >= 11 is 0. The Balaban J connectivity index is 3.66. The largest absolute Gasteiger partial charge is 0.756 e. The van der Waals surface area contributed by atoms with Crippen molar-refractivity contribution < 1.29 is 37.6 Å². The van der Waals surface area contributed by atoms with Crippen LogP contribution in [-0.4, -0.2) is 69.2 Å². The van der Waals surface area contributed by atoms with Gasteiger partial charge < -0.3 is 28.3 Å². The summed E-state index contributed by atoms with van der Waals surface area (Å²) in [6, 6.07) is 0. The second kappa shape index (κ2) is 22.7. The number of aliphatic hydroxyl groups excluding tert-OH is 1. The number of rotatable bonds is 24. The van der Waals surface area contributed by atoms with Crippen molar-refractivity contribution in [1.29, 1.82) is 0 Å². The highest BCUT2D eigenvalue weighted by atomic mass is 31.2. The van der Waals surface area contributed by atoms with Gasteiger partial charge in [0.15, 0.2) is 0 Å². The van der Waals surface area contributed by atoms with E-state index in [1.165, 1.54) is 25.7 Å².